The molecular formula is C16H22O11. The topological polar surface area (TPSA) is 152 Å². The van der Waals surface area contributed by atoms with Crippen molar-refractivity contribution in [2.24, 2.45) is 0 Å². The van der Waals surface area contributed by atoms with E-state index in [4.69, 9.17) is 23.7 Å². The molecule has 1 aliphatic heterocycles. The quantitative estimate of drug-likeness (QED) is 0.324. The summed E-state index contributed by atoms with van der Waals surface area (Å²) in [5.41, 5.74) is 0. The van der Waals surface area contributed by atoms with Gasteiger partial charge in [0, 0.05) is 27.7 Å². The molecule has 1 aliphatic rings. The molecule has 1 saturated heterocycles. The zero-order chi connectivity index (χ0) is 20.8. The number of carbonyl (C=O) groups excluding carboxylic acids is 5. The van der Waals surface area contributed by atoms with Crippen LogP contribution in [0.1, 0.15) is 34.1 Å². The Hall–Kier alpha value is -2.53. The van der Waals surface area contributed by atoms with E-state index in [0.29, 0.717) is 6.29 Å². The molecule has 0 unspecified atom stereocenters. The molecule has 11 heteroatoms. The van der Waals surface area contributed by atoms with Crippen molar-refractivity contribution in [2.75, 3.05) is 6.61 Å². The van der Waals surface area contributed by atoms with Crippen molar-refractivity contribution >= 4 is 30.2 Å². The Labute approximate surface area is 154 Å². The molecule has 1 heterocycles. The van der Waals surface area contributed by atoms with Crippen molar-refractivity contribution in [3.05, 3.63) is 0 Å². The van der Waals surface area contributed by atoms with Gasteiger partial charge in [-0.1, -0.05) is 0 Å². The van der Waals surface area contributed by atoms with Crippen molar-refractivity contribution in [3.63, 3.8) is 0 Å². The maximum absolute atomic E-state index is 11.5. The third-order valence-corrected chi connectivity index (χ3v) is 3.51. The molecule has 0 saturated carbocycles. The highest BCUT2D eigenvalue weighted by Crippen LogP contribution is 2.36. The Morgan fingerprint density at radius 1 is 0.926 bits per heavy atom. The molecule has 1 fully saturated rings. The van der Waals surface area contributed by atoms with Crippen LogP contribution in [0.15, 0.2) is 0 Å². The van der Waals surface area contributed by atoms with Crippen LogP contribution >= 0.6 is 0 Å². The van der Waals surface area contributed by atoms with Crippen LogP contribution in [-0.2, 0) is 47.7 Å². The maximum Gasteiger partial charge on any atom is 0.303 e. The Morgan fingerprint density at radius 2 is 1.44 bits per heavy atom. The first kappa shape index (κ1) is 22.5. The number of ether oxygens (including phenoxy) is 5. The van der Waals surface area contributed by atoms with Gasteiger partial charge in [0.2, 0.25) is 5.79 Å². The van der Waals surface area contributed by atoms with Crippen LogP contribution in [0.3, 0.4) is 0 Å². The van der Waals surface area contributed by atoms with Crippen LogP contribution < -0.4 is 0 Å². The van der Waals surface area contributed by atoms with E-state index in [2.05, 4.69) is 0 Å². The molecule has 0 amide bonds. The van der Waals surface area contributed by atoms with Gasteiger partial charge in [-0.15, -0.1) is 0 Å². The second-order valence-electron chi connectivity index (χ2n) is 5.85. The average molecular weight is 390 g/mol. The molecule has 0 radical (unpaired) electrons. The summed E-state index contributed by atoms with van der Waals surface area (Å²) in [7, 11) is 0. The van der Waals surface area contributed by atoms with Gasteiger partial charge in [0.15, 0.2) is 18.3 Å². The minimum Gasteiger partial charge on any atom is -0.463 e. The highest BCUT2D eigenvalue weighted by Gasteiger charge is 2.59. The minimum absolute atomic E-state index is 0.302. The molecule has 0 bridgehead atoms. The monoisotopic (exact) mass is 390 g/mol. The van der Waals surface area contributed by atoms with Crippen molar-refractivity contribution < 1.29 is 52.8 Å². The lowest BCUT2D eigenvalue weighted by Gasteiger charge is -2.48. The lowest BCUT2D eigenvalue weighted by molar-refractivity contribution is -0.350. The number of hydrogen-bond acceptors (Lipinski definition) is 11. The SMILES string of the molecule is CC(=O)OC[C@H]1O[C@](O)(CC=O)[C@H](OC(C)=O)[C@@H](OC(C)=O)[C@@H]1OC(C)=O. The fourth-order valence-electron chi connectivity index (χ4n) is 2.64. The minimum atomic E-state index is -2.41. The van der Waals surface area contributed by atoms with Gasteiger partial charge in [-0.2, -0.15) is 0 Å². The molecule has 5 atom stereocenters. The molecule has 152 valence electrons. The van der Waals surface area contributed by atoms with E-state index < -0.39 is 67.1 Å². The molecule has 0 aromatic carbocycles. The summed E-state index contributed by atoms with van der Waals surface area (Å²) in [5, 5.41) is 10.7. The first-order valence-corrected chi connectivity index (χ1v) is 7.99. The van der Waals surface area contributed by atoms with Gasteiger partial charge in [-0.05, 0) is 0 Å². The van der Waals surface area contributed by atoms with Crippen molar-refractivity contribution in [1.29, 1.82) is 0 Å². The summed E-state index contributed by atoms with van der Waals surface area (Å²) < 4.78 is 25.5. The Balaban J connectivity index is 3.38. The molecule has 1 N–H and O–H groups in total. The molecule has 11 nitrogen and oxygen atoms in total. The summed E-state index contributed by atoms with van der Waals surface area (Å²) in [4.78, 5) is 56.6. The summed E-state index contributed by atoms with van der Waals surface area (Å²) in [6, 6.07) is 0. The molecule has 0 spiro atoms. The molecule has 27 heavy (non-hydrogen) atoms. The number of aldehydes is 1. The van der Waals surface area contributed by atoms with Gasteiger partial charge in [0.25, 0.3) is 0 Å². The number of rotatable bonds is 7. The van der Waals surface area contributed by atoms with Crippen LogP contribution in [0.5, 0.6) is 0 Å². The number of carbonyl (C=O) groups is 5. The smallest absolute Gasteiger partial charge is 0.303 e. The number of aliphatic hydroxyl groups is 1. The van der Waals surface area contributed by atoms with Gasteiger partial charge in [0.1, 0.15) is 19.0 Å². The lowest BCUT2D eigenvalue weighted by atomic mass is 9.90. The highest BCUT2D eigenvalue weighted by atomic mass is 16.7. The van der Waals surface area contributed by atoms with Gasteiger partial charge < -0.3 is 33.6 Å². The van der Waals surface area contributed by atoms with Gasteiger partial charge in [0.05, 0.1) is 6.42 Å². The molecular weight excluding hydrogens is 368 g/mol. The lowest BCUT2D eigenvalue weighted by Crippen LogP contribution is -2.68. The average Bonchev–Trinajstić information content (AvgIpc) is 2.51. The standard InChI is InChI=1S/C16H22O11/c1-8(18)23-7-12-13(24-9(2)19)14(25-10(3)20)15(26-11(4)21)16(22,27-12)5-6-17/h6,12-15,22H,5,7H2,1-4H3/t12-,13-,14+,15-,16-/m1/s1. The number of hydrogen-bond donors (Lipinski definition) is 1. The molecule has 0 aliphatic carbocycles. The first-order valence-electron chi connectivity index (χ1n) is 7.99. The van der Waals surface area contributed by atoms with E-state index in [-0.39, 0.29) is 0 Å². The summed E-state index contributed by atoms with van der Waals surface area (Å²) in [5.74, 6) is -5.60. The summed E-state index contributed by atoms with van der Waals surface area (Å²) in [6.07, 6.45) is -6.25. The van der Waals surface area contributed by atoms with E-state index in [1.165, 1.54) is 0 Å². The fourth-order valence-corrected chi connectivity index (χ4v) is 2.64. The van der Waals surface area contributed by atoms with E-state index in [0.717, 1.165) is 27.7 Å². The van der Waals surface area contributed by atoms with E-state index in [9.17, 15) is 29.1 Å². The first-order chi connectivity index (χ1) is 12.5. The zero-order valence-corrected chi connectivity index (χ0v) is 15.3. The van der Waals surface area contributed by atoms with E-state index >= 15 is 0 Å². The Morgan fingerprint density at radius 3 is 1.89 bits per heavy atom. The highest BCUT2D eigenvalue weighted by molar-refractivity contribution is 5.69. The second-order valence-corrected chi connectivity index (χ2v) is 5.85. The van der Waals surface area contributed by atoms with Crippen LogP contribution in [0.4, 0.5) is 0 Å². The van der Waals surface area contributed by atoms with Gasteiger partial charge in [-0.3, -0.25) is 19.2 Å². The largest absolute Gasteiger partial charge is 0.463 e. The maximum atomic E-state index is 11.5. The Bertz CT molecular complexity index is 601. The molecule has 1 rings (SSSR count). The summed E-state index contributed by atoms with van der Waals surface area (Å²) >= 11 is 0. The fraction of sp³-hybridized carbons (Fsp3) is 0.688. The third-order valence-electron chi connectivity index (χ3n) is 3.51. The van der Waals surface area contributed by atoms with Crippen LogP contribution in [-0.4, -0.2) is 72.1 Å². The molecule has 0 aromatic rings. The predicted molar refractivity (Wildman–Crippen MR) is 83.8 cm³/mol. The van der Waals surface area contributed by atoms with Crippen LogP contribution in [0.2, 0.25) is 0 Å². The second kappa shape index (κ2) is 9.42. The Kier molecular flexibility index (Phi) is 7.85. The number of esters is 4. The zero-order valence-electron chi connectivity index (χ0n) is 15.3. The van der Waals surface area contributed by atoms with Crippen molar-refractivity contribution in [1.82, 2.24) is 0 Å². The summed E-state index contributed by atoms with van der Waals surface area (Å²) in [6.45, 7) is 3.77. The van der Waals surface area contributed by atoms with Crippen molar-refractivity contribution in [2.45, 2.75) is 64.3 Å². The van der Waals surface area contributed by atoms with Crippen LogP contribution in [0.25, 0.3) is 0 Å². The van der Waals surface area contributed by atoms with Crippen molar-refractivity contribution in [3.8, 4) is 0 Å². The van der Waals surface area contributed by atoms with Crippen LogP contribution in [0, 0.1) is 0 Å². The third kappa shape index (κ3) is 6.29. The van der Waals surface area contributed by atoms with E-state index in [1.807, 2.05) is 0 Å². The van der Waals surface area contributed by atoms with Gasteiger partial charge in [-0.25, -0.2) is 0 Å². The van der Waals surface area contributed by atoms with Gasteiger partial charge >= 0.3 is 23.9 Å². The normalized spacial score (nSPS) is 30.0. The molecule has 0 aromatic heterocycles. The van der Waals surface area contributed by atoms with E-state index in [1.54, 1.807) is 0 Å². The predicted octanol–water partition coefficient (Wildman–Crippen LogP) is -0.979.